The van der Waals surface area contributed by atoms with Crippen molar-refractivity contribution in [1.82, 2.24) is 15.8 Å². The van der Waals surface area contributed by atoms with Gasteiger partial charge in [-0.15, -0.1) is 0 Å². The van der Waals surface area contributed by atoms with E-state index in [4.69, 9.17) is 10.2 Å². The van der Waals surface area contributed by atoms with Crippen LogP contribution in [0.15, 0.2) is 46.9 Å². The van der Waals surface area contributed by atoms with Gasteiger partial charge in [-0.05, 0) is 43.5 Å². The third kappa shape index (κ3) is 3.28. The Morgan fingerprint density at radius 2 is 2.00 bits per heavy atom. The summed E-state index contributed by atoms with van der Waals surface area (Å²) in [6, 6.07) is 14.1. The van der Waals surface area contributed by atoms with Gasteiger partial charge < -0.3 is 15.1 Å². The van der Waals surface area contributed by atoms with E-state index in [-0.39, 0.29) is 18.0 Å². The summed E-state index contributed by atoms with van der Waals surface area (Å²) in [7, 11) is 0. The van der Waals surface area contributed by atoms with Gasteiger partial charge >= 0.3 is 0 Å². The number of amides is 1. The second-order valence-electron chi connectivity index (χ2n) is 7.33. The molecule has 0 aliphatic carbocycles. The maximum Gasteiger partial charge on any atom is 0.241 e. The van der Waals surface area contributed by atoms with E-state index < -0.39 is 0 Å². The Kier molecular flexibility index (Phi) is 4.80. The molecule has 26 heavy (non-hydrogen) atoms. The number of furan rings is 1. The Balaban J connectivity index is 1.42. The molecule has 2 saturated heterocycles. The number of carbonyl (C=O) groups excluding carboxylic acids is 1. The van der Waals surface area contributed by atoms with Crippen LogP contribution in [0.5, 0.6) is 0 Å². The van der Waals surface area contributed by atoms with Crippen molar-refractivity contribution in [1.29, 1.82) is 0 Å². The second-order valence-corrected chi connectivity index (χ2v) is 7.33. The molecule has 138 valence electrons. The third-order valence-electron chi connectivity index (χ3n) is 5.59. The van der Waals surface area contributed by atoms with Gasteiger partial charge in [-0.25, -0.2) is 10.9 Å². The number of hydrogen-bond acceptors (Lipinski definition) is 5. The molecule has 1 aromatic heterocycles. The fourth-order valence-electron chi connectivity index (χ4n) is 4.13. The van der Waals surface area contributed by atoms with E-state index in [1.165, 1.54) is 5.56 Å². The van der Waals surface area contributed by atoms with Crippen molar-refractivity contribution >= 4 is 5.91 Å². The van der Waals surface area contributed by atoms with E-state index in [1.807, 2.05) is 42.2 Å². The van der Waals surface area contributed by atoms with Crippen molar-refractivity contribution in [3.8, 4) is 0 Å². The highest BCUT2D eigenvalue weighted by Crippen LogP contribution is 2.33. The molecule has 0 spiro atoms. The van der Waals surface area contributed by atoms with Gasteiger partial charge in [-0.2, -0.15) is 0 Å². The molecule has 1 amide bonds. The van der Waals surface area contributed by atoms with Gasteiger partial charge in [0.2, 0.25) is 5.91 Å². The number of aryl methyl sites for hydroxylation is 1. The molecule has 6 nitrogen and oxygen atoms in total. The van der Waals surface area contributed by atoms with E-state index >= 15 is 0 Å². The summed E-state index contributed by atoms with van der Waals surface area (Å²) in [4.78, 5) is 15.0. The lowest BCUT2D eigenvalue weighted by molar-refractivity contribution is -0.132. The highest BCUT2D eigenvalue weighted by molar-refractivity contribution is 5.82. The van der Waals surface area contributed by atoms with Crippen molar-refractivity contribution < 1.29 is 9.21 Å². The van der Waals surface area contributed by atoms with Crippen LogP contribution in [0.25, 0.3) is 0 Å². The number of hydrazine groups is 1. The molecular formula is C20H26N4O2. The summed E-state index contributed by atoms with van der Waals surface area (Å²) in [6.07, 6.45) is 0.686. The second kappa shape index (κ2) is 7.23. The zero-order chi connectivity index (χ0) is 18.1. The summed E-state index contributed by atoms with van der Waals surface area (Å²) in [6.45, 7) is 3.97. The molecule has 0 saturated carbocycles. The van der Waals surface area contributed by atoms with Crippen molar-refractivity contribution in [2.24, 2.45) is 11.7 Å². The van der Waals surface area contributed by atoms with Gasteiger partial charge in [0.15, 0.2) is 0 Å². The number of carbonyl (C=O) groups is 1. The SMILES string of the molecule is Cc1ccc(C2CC(C(=O)N3C[C@@H](CN)[C@H](c4ccccc4)C3)NN2)o1. The lowest BCUT2D eigenvalue weighted by Crippen LogP contribution is -2.45. The van der Waals surface area contributed by atoms with Crippen LogP contribution in [0.1, 0.15) is 35.5 Å². The largest absolute Gasteiger partial charge is 0.465 e. The molecule has 2 aliphatic rings. The maximum atomic E-state index is 13.0. The van der Waals surface area contributed by atoms with Gasteiger partial charge in [0.1, 0.15) is 17.6 Å². The van der Waals surface area contributed by atoms with Crippen molar-refractivity contribution in [2.45, 2.75) is 31.3 Å². The van der Waals surface area contributed by atoms with E-state index in [9.17, 15) is 4.79 Å². The van der Waals surface area contributed by atoms with E-state index in [1.54, 1.807) is 0 Å². The zero-order valence-electron chi connectivity index (χ0n) is 15.0. The summed E-state index contributed by atoms with van der Waals surface area (Å²) >= 11 is 0. The summed E-state index contributed by atoms with van der Waals surface area (Å²) in [5.74, 6) is 2.50. The Morgan fingerprint density at radius 1 is 1.19 bits per heavy atom. The number of hydrogen-bond donors (Lipinski definition) is 3. The molecule has 0 bridgehead atoms. The zero-order valence-corrected chi connectivity index (χ0v) is 15.0. The highest BCUT2D eigenvalue weighted by Gasteiger charge is 2.40. The maximum absolute atomic E-state index is 13.0. The van der Waals surface area contributed by atoms with Crippen molar-refractivity contribution in [3.05, 3.63) is 59.5 Å². The summed E-state index contributed by atoms with van der Waals surface area (Å²) in [5, 5.41) is 0. The number of benzene rings is 1. The molecule has 4 atom stereocenters. The molecule has 2 unspecified atom stereocenters. The fraction of sp³-hybridized carbons (Fsp3) is 0.450. The Hall–Kier alpha value is -2.15. The van der Waals surface area contributed by atoms with Crippen LogP contribution in [-0.4, -0.2) is 36.5 Å². The predicted octanol–water partition coefficient (Wildman–Crippen LogP) is 1.70. The first-order valence-electron chi connectivity index (χ1n) is 9.27. The molecule has 0 radical (unpaired) electrons. The standard InChI is InChI=1S/C20H26N4O2/c1-13-7-8-19(26-13)17-9-18(23-22-17)20(25)24-11-15(10-21)16(12-24)14-5-3-2-4-6-14/h2-8,15-18,22-23H,9-12,21H2,1H3/t15-,16+,17?,18?/m1/s1. The van der Waals surface area contributed by atoms with Crippen molar-refractivity contribution in [2.75, 3.05) is 19.6 Å². The van der Waals surface area contributed by atoms with Gasteiger partial charge in [0.25, 0.3) is 0 Å². The minimum Gasteiger partial charge on any atom is -0.465 e. The molecule has 2 aliphatic heterocycles. The average molecular weight is 354 g/mol. The molecule has 3 heterocycles. The Labute approximate surface area is 153 Å². The highest BCUT2D eigenvalue weighted by atomic mass is 16.3. The van der Waals surface area contributed by atoms with E-state index in [0.717, 1.165) is 24.6 Å². The third-order valence-corrected chi connectivity index (χ3v) is 5.59. The number of rotatable bonds is 4. The number of nitrogens with one attached hydrogen (secondary N) is 2. The van der Waals surface area contributed by atoms with Crippen LogP contribution in [0, 0.1) is 12.8 Å². The summed E-state index contributed by atoms with van der Waals surface area (Å²) in [5.41, 5.74) is 13.6. The van der Waals surface area contributed by atoms with Crippen molar-refractivity contribution in [3.63, 3.8) is 0 Å². The molecule has 6 heteroatoms. The van der Waals surface area contributed by atoms with Crippen LogP contribution in [0.2, 0.25) is 0 Å². The first-order valence-corrected chi connectivity index (χ1v) is 9.27. The Bertz CT molecular complexity index is 760. The minimum absolute atomic E-state index is 0.0236. The fourth-order valence-corrected chi connectivity index (χ4v) is 4.13. The summed E-state index contributed by atoms with van der Waals surface area (Å²) < 4.78 is 5.69. The molecule has 2 fully saturated rings. The molecule has 1 aromatic carbocycles. The first-order chi connectivity index (χ1) is 12.7. The average Bonchev–Trinajstić information content (AvgIpc) is 3.40. The van der Waals surface area contributed by atoms with Gasteiger partial charge in [0.05, 0.1) is 6.04 Å². The van der Waals surface area contributed by atoms with Gasteiger partial charge in [-0.3, -0.25) is 4.79 Å². The number of nitrogens with two attached hydrogens (primary N) is 1. The molecule has 4 N–H and O–H groups in total. The normalized spacial score (nSPS) is 28.6. The molecule has 4 rings (SSSR count). The van der Waals surface area contributed by atoms with Crippen LogP contribution in [0.4, 0.5) is 0 Å². The van der Waals surface area contributed by atoms with Gasteiger partial charge in [0, 0.05) is 19.0 Å². The van der Waals surface area contributed by atoms with Crippen LogP contribution < -0.4 is 16.6 Å². The number of nitrogens with zero attached hydrogens (tertiary/aromatic N) is 1. The predicted molar refractivity (Wildman–Crippen MR) is 99.2 cm³/mol. The smallest absolute Gasteiger partial charge is 0.241 e. The lowest BCUT2D eigenvalue weighted by Gasteiger charge is -2.20. The molecular weight excluding hydrogens is 328 g/mol. The van der Waals surface area contributed by atoms with Crippen LogP contribution in [0.3, 0.4) is 0 Å². The van der Waals surface area contributed by atoms with Gasteiger partial charge in [-0.1, -0.05) is 30.3 Å². The lowest BCUT2D eigenvalue weighted by atomic mass is 9.89. The minimum atomic E-state index is -0.238. The Morgan fingerprint density at radius 3 is 2.69 bits per heavy atom. The van der Waals surface area contributed by atoms with Crippen LogP contribution >= 0.6 is 0 Å². The molecule has 2 aromatic rings. The van der Waals surface area contributed by atoms with Crippen LogP contribution in [-0.2, 0) is 4.79 Å². The van der Waals surface area contributed by atoms with E-state index in [0.29, 0.717) is 24.8 Å². The first kappa shape index (κ1) is 17.3. The monoisotopic (exact) mass is 354 g/mol. The topological polar surface area (TPSA) is 83.5 Å². The van der Waals surface area contributed by atoms with E-state index in [2.05, 4.69) is 23.0 Å². The number of likely N-dealkylation sites (tertiary alicyclic amines) is 1. The quantitative estimate of drug-likeness (QED) is 0.778.